The van der Waals surface area contributed by atoms with Crippen molar-refractivity contribution in [1.82, 2.24) is 9.97 Å². The van der Waals surface area contributed by atoms with E-state index in [0.717, 1.165) is 5.69 Å². The fourth-order valence-corrected chi connectivity index (χ4v) is 1.48. The van der Waals surface area contributed by atoms with E-state index >= 15 is 0 Å². The summed E-state index contributed by atoms with van der Waals surface area (Å²) in [5, 5.41) is 0. The van der Waals surface area contributed by atoms with Crippen LogP contribution < -0.4 is 4.90 Å². The molecule has 0 unspecified atom stereocenters. The third-order valence-corrected chi connectivity index (χ3v) is 2.26. The normalized spacial score (nSPS) is 20.1. The summed E-state index contributed by atoms with van der Waals surface area (Å²) in [5.41, 5.74) is 0.791. The van der Waals surface area contributed by atoms with Crippen molar-refractivity contribution >= 4 is 5.82 Å². The van der Waals surface area contributed by atoms with Gasteiger partial charge in [-0.3, -0.25) is 4.98 Å². The van der Waals surface area contributed by atoms with E-state index in [2.05, 4.69) is 9.97 Å². The molecule has 2 rings (SSSR count). The molecule has 0 radical (unpaired) electrons. The van der Waals surface area contributed by atoms with Gasteiger partial charge >= 0.3 is 0 Å². The Hall–Kier alpha value is -1.26. The molecule has 1 aromatic heterocycles. The zero-order valence-electron chi connectivity index (χ0n) is 7.87. The van der Waals surface area contributed by atoms with Gasteiger partial charge < -0.3 is 4.90 Å². The molecular formula is C9H11F2N3. The van der Waals surface area contributed by atoms with Gasteiger partial charge in [0.15, 0.2) is 0 Å². The van der Waals surface area contributed by atoms with Crippen LogP contribution >= 0.6 is 0 Å². The highest BCUT2D eigenvalue weighted by atomic mass is 19.3. The molecule has 2 heterocycles. The maximum atomic E-state index is 12.9. The lowest BCUT2D eigenvalue weighted by atomic mass is 10.3. The Kier molecular flexibility index (Phi) is 2.09. The summed E-state index contributed by atoms with van der Waals surface area (Å²) >= 11 is 0. The van der Waals surface area contributed by atoms with Gasteiger partial charge in [-0.25, -0.2) is 13.8 Å². The Morgan fingerprint density at radius 1 is 1.36 bits per heavy atom. The molecule has 0 aromatic carbocycles. The van der Waals surface area contributed by atoms with E-state index in [1.165, 1.54) is 6.20 Å². The van der Waals surface area contributed by atoms with Crippen LogP contribution in [-0.4, -0.2) is 29.0 Å². The van der Waals surface area contributed by atoms with Crippen LogP contribution in [0.15, 0.2) is 12.4 Å². The van der Waals surface area contributed by atoms with Crippen molar-refractivity contribution in [3.05, 3.63) is 18.1 Å². The topological polar surface area (TPSA) is 29.0 Å². The average Bonchev–Trinajstić information content (AvgIpc) is 2.47. The molecule has 1 fully saturated rings. The Balaban J connectivity index is 2.14. The van der Waals surface area contributed by atoms with Crippen molar-refractivity contribution in [2.24, 2.45) is 0 Å². The highest BCUT2D eigenvalue weighted by Gasteiger charge is 2.38. The van der Waals surface area contributed by atoms with E-state index in [9.17, 15) is 8.78 Å². The number of nitrogens with zero attached hydrogens (tertiary/aromatic N) is 3. The number of aryl methyl sites for hydroxylation is 1. The van der Waals surface area contributed by atoms with Crippen molar-refractivity contribution in [2.45, 2.75) is 19.3 Å². The van der Waals surface area contributed by atoms with Crippen molar-refractivity contribution in [2.75, 3.05) is 18.0 Å². The third-order valence-electron chi connectivity index (χ3n) is 2.26. The highest BCUT2D eigenvalue weighted by Crippen LogP contribution is 2.29. The van der Waals surface area contributed by atoms with Gasteiger partial charge in [0.05, 0.1) is 24.6 Å². The van der Waals surface area contributed by atoms with Gasteiger partial charge in [0.1, 0.15) is 5.82 Å². The fourth-order valence-electron chi connectivity index (χ4n) is 1.48. The molecule has 0 saturated carbocycles. The summed E-state index contributed by atoms with van der Waals surface area (Å²) in [6, 6.07) is 0. The summed E-state index contributed by atoms with van der Waals surface area (Å²) in [6.07, 6.45) is 3.03. The maximum Gasteiger partial charge on any atom is 0.266 e. The lowest BCUT2D eigenvalue weighted by Crippen LogP contribution is -2.25. The van der Waals surface area contributed by atoms with Crippen LogP contribution in [0.2, 0.25) is 0 Å². The molecule has 0 atom stereocenters. The number of halogens is 2. The van der Waals surface area contributed by atoms with E-state index in [0.29, 0.717) is 12.4 Å². The summed E-state index contributed by atoms with van der Waals surface area (Å²) < 4.78 is 25.7. The fraction of sp³-hybridized carbons (Fsp3) is 0.556. The van der Waals surface area contributed by atoms with Crippen LogP contribution in [-0.2, 0) is 0 Å². The van der Waals surface area contributed by atoms with Crippen LogP contribution in [0, 0.1) is 6.92 Å². The second-order valence-electron chi connectivity index (χ2n) is 3.54. The minimum atomic E-state index is -2.58. The Labute approximate surface area is 80.8 Å². The van der Waals surface area contributed by atoms with Crippen LogP contribution in [0.4, 0.5) is 14.6 Å². The molecule has 5 heteroatoms. The largest absolute Gasteiger partial charge is 0.349 e. The zero-order valence-corrected chi connectivity index (χ0v) is 7.87. The average molecular weight is 199 g/mol. The van der Waals surface area contributed by atoms with Crippen LogP contribution in [0.25, 0.3) is 0 Å². The Morgan fingerprint density at radius 2 is 2.14 bits per heavy atom. The van der Waals surface area contributed by atoms with Gasteiger partial charge in [-0.15, -0.1) is 0 Å². The highest BCUT2D eigenvalue weighted by molar-refractivity contribution is 5.37. The molecule has 0 N–H and O–H groups in total. The van der Waals surface area contributed by atoms with Crippen LogP contribution in [0.3, 0.4) is 0 Å². The van der Waals surface area contributed by atoms with Crippen LogP contribution in [0.1, 0.15) is 12.1 Å². The zero-order chi connectivity index (χ0) is 10.2. The molecule has 1 aliphatic rings. The minimum Gasteiger partial charge on any atom is -0.349 e. The van der Waals surface area contributed by atoms with E-state index in [4.69, 9.17) is 0 Å². The smallest absolute Gasteiger partial charge is 0.266 e. The number of hydrogen-bond donors (Lipinski definition) is 0. The summed E-state index contributed by atoms with van der Waals surface area (Å²) in [6.45, 7) is 1.92. The first-order valence-corrected chi connectivity index (χ1v) is 4.48. The van der Waals surface area contributed by atoms with Crippen molar-refractivity contribution in [1.29, 1.82) is 0 Å². The lowest BCUT2D eigenvalue weighted by Gasteiger charge is -2.16. The monoisotopic (exact) mass is 199 g/mol. The number of rotatable bonds is 1. The molecule has 0 amide bonds. The molecule has 76 valence electrons. The van der Waals surface area contributed by atoms with Gasteiger partial charge in [0.25, 0.3) is 5.92 Å². The summed E-state index contributed by atoms with van der Waals surface area (Å²) in [7, 11) is 0. The molecule has 0 bridgehead atoms. The molecule has 1 aromatic rings. The first kappa shape index (κ1) is 9.30. The van der Waals surface area contributed by atoms with Gasteiger partial charge in [-0.1, -0.05) is 0 Å². The van der Waals surface area contributed by atoms with E-state index < -0.39 is 5.92 Å². The number of alkyl halides is 2. The standard InChI is InChI=1S/C9H11F2N3/c1-7-4-13-8(5-12-7)14-3-2-9(10,11)6-14/h4-5H,2-3,6H2,1H3. The quantitative estimate of drug-likeness (QED) is 0.688. The predicted octanol–water partition coefficient (Wildman–Crippen LogP) is 1.63. The first-order chi connectivity index (χ1) is 6.57. The van der Waals surface area contributed by atoms with Gasteiger partial charge in [-0.2, -0.15) is 0 Å². The van der Waals surface area contributed by atoms with E-state index in [-0.39, 0.29) is 13.0 Å². The molecule has 3 nitrogen and oxygen atoms in total. The van der Waals surface area contributed by atoms with Gasteiger partial charge in [0, 0.05) is 13.0 Å². The number of aromatic nitrogens is 2. The molecule has 0 spiro atoms. The third kappa shape index (κ3) is 1.81. The number of hydrogen-bond acceptors (Lipinski definition) is 3. The molecule has 1 aliphatic heterocycles. The number of anilines is 1. The summed E-state index contributed by atoms with van der Waals surface area (Å²) in [5.74, 6) is -2.04. The minimum absolute atomic E-state index is 0.0947. The predicted molar refractivity (Wildman–Crippen MR) is 48.5 cm³/mol. The molecule has 0 aliphatic carbocycles. The van der Waals surface area contributed by atoms with Crippen molar-refractivity contribution in [3.8, 4) is 0 Å². The maximum absolute atomic E-state index is 12.9. The Bertz CT molecular complexity index is 323. The SMILES string of the molecule is Cc1cnc(N2CCC(F)(F)C2)cn1. The van der Waals surface area contributed by atoms with Crippen molar-refractivity contribution in [3.63, 3.8) is 0 Å². The van der Waals surface area contributed by atoms with E-state index in [1.807, 2.05) is 6.92 Å². The van der Waals surface area contributed by atoms with Gasteiger partial charge in [0.2, 0.25) is 0 Å². The van der Waals surface area contributed by atoms with E-state index in [1.54, 1.807) is 11.1 Å². The van der Waals surface area contributed by atoms with Crippen molar-refractivity contribution < 1.29 is 8.78 Å². The second kappa shape index (κ2) is 3.15. The lowest BCUT2D eigenvalue weighted by molar-refractivity contribution is 0.0256. The van der Waals surface area contributed by atoms with Crippen LogP contribution in [0.5, 0.6) is 0 Å². The first-order valence-electron chi connectivity index (χ1n) is 4.48. The molecule has 1 saturated heterocycles. The molecule has 14 heavy (non-hydrogen) atoms. The second-order valence-corrected chi connectivity index (χ2v) is 3.54. The van der Waals surface area contributed by atoms with Gasteiger partial charge in [-0.05, 0) is 6.92 Å². The summed E-state index contributed by atoms with van der Waals surface area (Å²) in [4.78, 5) is 9.64. The molecular weight excluding hydrogens is 188 g/mol. The Morgan fingerprint density at radius 3 is 2.64 bits per heavy atom.